The van der Waals surface area contributed by atoms with Gasteiger partial charge < -0.3 is 10.6 Å². The highest BCUT2D eigenvalue weighted by atomic mass is 35.5. The van der Waals surface area contributed by atoms with E-state index in [1.165, 1.54) is 0 Å². The number of aromatic nitrogens is 2. The largest absolute Gasteiger partial charge is 0.338 e. The second kappa shape index (κ2) is 7.28. The zero-order valence-electron chi connectivity index (χ0n) is 16.0. The molecule has 1 saturated carbocycles. The number of hydrogen-bond donors (Lipinski definition) is 1. The van der Waals surface area contributed by atoms with Gasteiger partial charge in [-0.2, -0.15) is 5.10 Å². The molecule has 5 nitrogen and oxygen atoms in total. The van der Waals surface area contributed by atoms with Crippen LogP contribution in [0.1, 0.15) is 60.1 Å². The maximum absolute atomic E-state index is 13.3. The van der Waals surface area contributed by atoms with Gasteiger partial charge in [-0.05, 0) is 63.1 Å². The molecule has 1 aromatic carbocycles. The van der Waals surface area contributed by atoms with E-state index in [0.717, 1.165) is 61.3 Å². The number of piperidine rings is 1. The lowest BCUT2D eigenvalue weighted by Crippen LogP contribution is -2.45. The van der Waals surface area contributed by atoms with Crippen LogP contribution in [0.2, 0.25) is 5.02 Å². The number of rotatable bonds is 4. The molecule has 4 rings (SSSR count). The first-order chi connectivity index (χ1) is 13.0. The molecule has 2 heterocycles. The summed E-state index contributed by atoms with van der Waals surface area (Å²) >= 11 is 6.32. The predicted molar refractivity (Wildman–Crippen MR) is 108 cm³/mol. The van der Waals surface area contributed by atoms with Crippen molar-refractivity contribution in [2.24, 2.45) is 11.7 Å². The van der Waals surface area contributed by atoms with Crippen molar-refractivity contribution in [3.8, 4) is 5.69 Å². The van der Waals surface area contributed by atoms with Crippen LogP contribution in [0, 0.1) is 12.8 Å². The normalized spacial score (nSPS) is 21.3. The molecule has 6 heteroatoms. The maximum atomic E-state index is 13.3. The van der Waals surface area contributed by atoms with Crippen molar-refractivity contribution >= 4 is 17.5 Å². The molecule has 2 N–H and O–H groups in total. The van der Waals surface area contributed by atoms with E-state index < -0.39 is 0 Å². The van der Waals surface area contributed by atoms with Crippen LogP contribution < -0.4 is 5.73 Å². The molecule has 0 spiro atoms. The summed E-state index contributed by atoms with van der Waals surface area (Å²) in [7, 11) is 0. The van der Waals surface area contributed by atoms with Crippen LogP contribution in [0.4, 0.5) is 0 Å². The van der Waals surface area contributed by atoms with E-state index in [1.807, 2.05) is 41.6 Å². The fourth-order valence-corrected chi connectivity index (χ4v) is 4.16. The first-order valence-electron chi connectivity index (χ1n) is 9.85. The number of likely N-dealkylation sites (tertiary alicyclic amines) is 1. The Hall–Kier alpha value is -1.85. The summed E-state index contributed by atoms with van der Waals surface area (Å²) in [5, 5.41) is 5.29. The molecule has 0 bridgehead atoms. The Morgan fingerprint density at radius 1 is 1.33 bits per heavy atom. The van der Waals surface area contributed by atoms with Crippen LogP contribution in [0.3, 0.4) is 0 Å². The van der Waals surface area contributed by atoms with Gasteiger partial charge in [-0.15, -0.1) is 0 Å². The van der Waals surface area contributed by atoms with Gasteiger partial charge in [-0.25, -0.2) is 4.68 Å². The molecule has 27 heavy (non-hydrogen) atoms. The van der Waals surface area contributed by atoms with Crippen molar-refractivity contribution in [1.29, 1.82) is 0 Å². The molecular weight excluding hydrogens is 360 g/mol. The number of halogens is 1. The monoisotopic (exact) mass is 386 g/mol. The third-order valence-electron chi connectivity index (χ3n) is 5.89. The highest BCUT2D eigenvalue weighted by Crippen LogP contribution is 2.43. The maximum Gasteiger partial charge on any atom is 0.257 e. The smallest absolute Gasteiger partial charge is 0.257 e. The van der Waals surface area contributed by atoms with Crippen molar-refractivity contribution in [2.45, 2.75) is 51.5 Å². The van der Waals surface area contributed by atoms with Gasteiger partial charge in [0.15, 0.2) is 0 Å². The summed E-state index contributed by atoms with van der Waals surface area (Å²) in [6.45, 7) is 5.56. The lowest BCUT2D eigenvalue weighted by atomic mass is 9.92. The topological polar surface area (TPSA) is 64.2 Å². The number of benzene rings is 1. The molecule has 1 aliphatic heterocycles. The van der Waals surface area contributed by atoms with Gasteiger partial charge in [-0.1, -0.05) is 17.7 Å². The molecular formula is C21H27ClN4O. The van der Waals surface area contributed by atoms with Crippen LogP contribution in [0.5, 0.6) is 0 Å². The Kier molecular flexibility index (Phi) is 4.99. The van der Waals surface area contributed by atoms with Crippen LogP contribution in [-0.4, -0.2) is 39.7 Å². The van der Waals surface area contributed by atoms with Gasteiger partial charge in [0, 0.05) is 30.1 Å². The van der Waals surface area contributed by atoms with Crippen molar-refractivity contribution < 1.29 is 4.79 Å². The molecule has 2 fully saturated rings. The van der Waals surface area contributed by atoms with Crippen molar-refractivity contribution in [3.63, 3.8) is 0 Å². The standard InChI is InChI=1S/C21H27ClN4O/c1-13-5-8-17(10-19(13)22)26-20(15-6-7-15)18(11-24-26)21(27)25-9-3-4-16(12-25)14(2)23/h5,8,10-11,14-16H,3-4,6-7,9,12,23H2,1-2H3. The summed E-state index contributed by atoms with van der Waals surface area (Å²) in [6.07, 6.45) is 6.05. The number of nitrogens with zero attached hydrogens (tertiary/aromatic N) is 3. The molecule has 1 amide bonds. The van der Waals surface area contributed by atoms with E-state index in [0.29, 0.717) is 16.9 Å². The first kappa shape index (κ1) is 18.5. The van der Waals surface area contributed by atoms with Crippen LogP contribution in [0.15, 0.2) is 24.4 Å². The molecule has 2 aliphatic rings. The second-order valence-corrected chi connectivity index (χ2v) is 8.48. The minimum atomic E-state index is 0.0895. The second-order valence-electron chi connectivity index (χ2n) is 8.08. The van der Waals surface area contributed by atoms with Crippen molar-refractivity contribution in [1.82, 2.24) is 14.7 Å². The summed E-state index contributed by atoms with van der Waals surface area (Å²) in [6, 6.07) is 6.05. The highest BCUT2D eigenvalue weighted by Gasteiger charge is 2.35. The quantitative estimate of drug-likeness (QED) is 0.866. The Labute approximate surface area is 165 Å². The van der Waals surface area contributed by atoms with E-state index in [2.05, 4.69) is 5.10 Å². The number of hydrogen-bond acceptors (Lipinski definition) is 3. The minimum Gasteiger partial charge on any atom is -0.338 e. The van der Waals surface area contributed by atoms with Crippen LogP contribution >= 0.6 is 11.6 Å². The molecule has 144 valence electrons. The third-order valence-corrected chi connectivity index (χ3v) is 6.30. The van der Waals surface area contributed by atoms with E-state index in [1.54, 1.807) is 6.20 Å². The van der Waals surface area contributed by atoms with E-state index in [-0.39, 0.29) is 11.9 Å². The van der Waals surface area contributed by atoms with E-state index >= 15 is 0 Å². The number of carbonyl (C=O) groups is 1. The molecule has 1 saturated heterocycles. The summed E-state index contributed by atoms with van der Waals surface area (Å²) < 4.78 is 1.91. The lowest BCUT2D eigenvalue weighted by molar-refractivity contribution is 0.0659. The summed E-state index contributed by atoms with van der Waals surface area (Å²) in [5.41, 5.74) is 9.81. The molecule has 2 unspecified atom stereocenters. The van der Waals surface area contributed by atoms with Gasteiger partial charge in [-0.3, -0.25) is 4.79 Å². The van der Waals surface area contributed by atoms with Crippen molar-refractivity contribution in [3.05, 3.63) is 46.2 Å². The summed E-state index contributed by atoms with van der Waals surface area (Å²) in [4.78, 5) is 15.3. The fourth-order valence-electron chi connectivity index (χ4n) is 3.99. The molecule has 0 radical (unpaired) electrons. The molecule has 1 aliphatic carbocycles. The summed E-state index contributed by atoms with van der Waals surface area (Å²) in [5.74, 6) is 0.866. The zero-order chi connectivity index (χ0) is 19.1. The van der Waals surface area contributed by atoms with Gasteiger partial charge >= 0.3 is 0 Å². The Morgan fingerprint density at radius 3 is 2.78 bits per heavy atom. The Bertz CT molecular complexity index is 856. The highest BCUT2D eigenvalue weighted by molar-refractivity contribution is 6.31. The van der Waals surface area contributed by atoms with Crippen LogP contribution in [-0.2, 0) is 0 Å². The average molecular weight is 387 g/mol. The lowest BCUT2D eigenvalue weighted by Gasteiger charge is -2.34. The number of amides is 1. The SMILES string of the molecule is Cc1ccc(-n2ncc(C(=O)N3CCCC(C(C)N)C3)c2C2CC2)cc1Cl. The molecule has 1 aromatic heterocycles. The van der Waals surface area contributed by atoms with E-state index in [9.17, 15) is 4.79 Å². The third kappa shape index (κ3) is 3.63. The van der Waals surface area contributed by atoms with Gasteiger partial charge in [0.1, 0.15) is 0 Å². The predicted octanol–water partition coefficient (Wildman–Crippen LogP) is 3.91. The number of carbonyl (C=O) groups excluding carboxylic acids is 1. The number of nitrogens with two attached hydrogens (primary N) is 1. The van der Waals surface area contributed by atoms with Crippen molar-refractivity contribution in [2.75, 3.05) is 13.1 Å². The minimum absolute atomic E-state index is 0.0895. The molecule has 2 aromatic rings. The number of aryl methyl sites for hydroxylation is 1. The fraction of sp³-hybridized carbons (Fsp3) is 0.524. The van der Waals surface area contributed by atoms with Crippen LogP contribution in [0.25, 0.3) is 5.69 Å². The first-order valence-corrected chi connectivity index (χ1v) is 10.2. The van der Waals surface area contributed by atoms with E-state index in [4.69, 9.17) is 17.3 Å². The Morgan fingerprint density at radius 2 is 2.11 bits per heavy atom. The van der Waals surface area contributed by atoms with Gasteiger partial charge in [0.25, 0.3) is 5.91 Å². The average Bonchev–Trinajstić information content (AvgIpc) is 3.41. The zero-order valence-corrected chi connectivity index (χ0v) is 16.7. The Balaban J connectivity index is 1.66. The molecule has 2 atom stereocenters. The van der Waals surface area contributed by atoms with Gasteiger partial charge in [0.2, 0.25) is 0 Å². The van der Waals surface area contributed by atoms with Gasteiger partial charge in [0.05, 0.1) is 23.1 Å².